The molecule has 0 radical (unpaired) electrons. The first-order valence-electron chi connectivity index (χ1n) is 10.2. The lowest BCUT2D eigenvalue weighted by Gasteiger charge is -2.12. The van der Waals surface area contributed by atoms with E-state index in [-0.39, 0.29) is 5.56 Å². The summed E-state index contributed by atoms with van der Waals surface area (Å²) in [7, 11) is 1.27. The molecule has 176 valence electrons. The Hall–Kier alpha value is -4.08. The van der Waals surface area contributed by atoms with Crippen LogP contribution in [0.3, 0.4) is 0 Å². The molecule has 0 fully saturated rings. The molecule has 2 rings (SSSR count). The van der Waals surface area contributed by atoms with Crippen LogP contribution >= 0.6 is 0 Å². The van der Waals surface area contributed by atoms with Crippen molar-refractivity contribution in [1.82, 2.24) is 5.32 Å². The van der Waals surface area contributed by atoms with Crippen LogP contribution in [0.2, 0.25) is 0 Å². The van der Waals surface area contributed by atoms with E-state index in [1.54, 1.807) is 12.1 Å². The number of methoxy groups -OCH3 is 1. The van der Waals surface area contributed by atoms with Gasteiger partial charge in [-0.25, -0.2) is 4.79 Å². The fourth-order valence-electron chi connectivity index (χ4n) is 2.65. The van der Waals surface area contributed by atoms with Crippen molar-refractivity contribution in [3.8, 4) is 11.5 Å². The van der Waals surface area contributed by atoms with Crippen LogP contribution in [0.5, 0.6) is 11.5 Å². The van der Waals surface area contributed by atoms with Crippen LogP contribution in [0.25, 0.3) is 0 Å². The van der Waals surface area contributed by atoms with Gasteiger partial charge in [0.25, 0.3) is 11.8 Å². The number of hydrogen-bond acceptors (Lipinski definition) is 8. The summed E-state index contributed by atoms with van der Waals surface area (Å²) in [5.41, 5.74) is 1.03. The van der Waals surface area contributed by atoms with Gasteiger partial charge in [-0.3, -0.25) is 14.4 Å². The van der Waals surface area contributed by atoms with Crippen molar-refractivity contribution in [3.05, 3.63) is 53.6 Å². The zero-order chi connectivity index (χ0) is 24.2. The van der Waals surface area contributed by atoms with Crippen LogP contribution in [-0.4, -0.2) is 57.2 Å². The number of ether oxygens (including phenoxy) is 4. The fourth-order valence-corrected chi connectivity index (χ4v) is 2.65. The van der Waals surface area contributed by atoms with Gasteiger partial charge in [0.2, 0.25) is 0 Å². The Labute approximate surface area is 191 Å². The number of anilines is 1. The normalized spacial score (nSPS) is 10.0. The smallest absolute Gasteiger partial charge is 0.337 e. The molecule has 0 atom stereocenters. The minimum Gasteiger partial charge on any atom is -0.490 e. The average molecular weight is 458 g/mol. The highest BCUT2D eigenvalue weighted by Gasteiger charge is 2.14. The van der Waals surface area contributed by atoms with Crippen molar-refractivity contribution in [1.29, 1.82) is 0 Å². The summed E-state index contributed by atoms with van der Waals surface area (Å²) >= 11 is 0. The Kier molecular flexibility index (Phi) is 9.69. The number of esters is 2. The maximum Gasteiger partial charge on any atom is 0.337 e. The van der Waals surface area contributed by atoms with Crippen LogP contribution in [0, 0.1) is 0 Å². The van der Waals surface area contributed by atoms with E-state index in [9.17, 15) is 19.2 Å². The molecule has 0 spiro atoms. The molecule has 0 aliphatic rings. The van der Waals surface area contributed by atoms with Gasteiger partial charge >= 0.3 is 11.9 Å². The van der Waals surface area contributed by atoms with E-state index >= 15 is 0 Å². The molecule has 2 N–H and O–H groups in total. The molecule has 10 heteroatoms. The number of rotatable bonds is 11. The first-order chi connectivity index (χ1) is 15.9. The third kappa shape index (κ3) is 7.84. The van der Waals surface area contributed by atoms with Crippen molar-refractivity contribution in [2.45, 2.75) is 13.8 Å². The number of benzene rings is 2. The van der Waals surface area contributed by atoms with Crippen molar-refractivity contribution in [2.75, 3.05) is 38.8 Å². The summed E-state index contributed by atoms with van der Waals surface area (Å²) in [6.07, 6.45) is 0. The second kappa shape index (κ2) is 12.7. The highest BCUT2D eigenvalue weighted by atomic mass is 16.5. The van der Waals surface area contributed by atoms with Crippen LogP contribution in [0.4, 0.5) is 5.69 Å². The number of nitrogens with one attached hydrogen (secondary N) is 2. The van der Waals surface area contributed by atoms with Gasteiger partial charge in [-0.2, -0.15) is 0 Å². The standard InChI is InChI=1S/C23H26N2O8/c1-4-31-18-11-8-16(12-19(18)32-5-2)22(28)24-13-21(27)33-14-20(26)25-17-9-6-15(7-10-17)23(29)30-3/h6-12H,4-5,13-14H2,1-3H3,(H,24,28)(H,25,26). The van der Waals surface area contributed by atoms with Gasteiger partial charge < -0.3 is 29.6 Å². The van der Waals surface area contributed by atoms with E-state index in [1.807, 2.05) is 13.8 Å². The minimum absolute atomic E-state index is 0.280. The summed E-state index contributed by atoms with van der Waals surface area (Å²) in [5.74, 6) is -1.43. The predicted molar refractivity (Wildman–Crippen MR) is 118 cm³/mol. The molecule has 0 saturated carbocycles. The monoisotopic (exact) mass is 458 g/mol. The van der Waals surface area contributed by atoms with Crippen molar-refractivity contribution < 1.29 is 38.1 Å². The minimum atomic E-state index is -0.782. The first kappa shape index (κ1) is 25.2. The first-order valence-corrected chi connectivity index (χ1v) is 10.2. The Morgan fingerprint density at radius 3 is 2.12 bits per heavy atom. The molecule has 33 heavy (non-hydrogen) atoms. The van der Waals surface area contributed by atoms with Gasteiger partial charge in [-0.15, -0.1) is 0 Å². The third-order valence-electron chi connectivity index (χ3n) is 4.15. The molecular formula is C23H26N2O8. The number of hydrogen-bond donors (Lipinski definition) is 2. The van der Waals surface area contributed by atoms with E-state index in [2.05, 4.69) is 15.4 Å². The second-order valence-corrected chi connectivity index (χ2v) is 6.49. The van der Waals surface area contributed by atoms with E-state index in [0.717, 1.165) is 0 Å². The molecule has 2 aromatic carbocycles. The molecule has 2 aromatic rings. The Morgan fingerprint density at radius 1 is 0.848 bits per heavy atom. The third-order valence-corrected chi connectivity index (χ3v) is 4.15. The Balaban J connectivity index is 1.80. The van der Waals surface area contributed by atoms with Gasteiger partial charge in [0, 0.05) is 11.3 Å². The van der Waals surface area contributed by atoms with E-state index in [4.69, 9.17) is 14.2 Å². The van der Waals surface area contributed by atoms with Gasteiger partial charge in [-0.1, -0.05) is 0 Å². The number of carbonyl (C=O) groups is 4. The molecule has 0 aromatic heterocycles. The highest BCUT2D eigenvalue weighted by Crippen LogP contribution is 2.28. The molecule has 0 aliphatic heterocycles. The van der Waals surface area contributed by atoms with E-state index in [0.29, 0.717) is 36.0 Å². The number of carbonyl (C=O) groups excluding carboxylic acids is 4. The SMILES string of the molecule is CCOc1ccc(C(=O)NCC(=O)OCC(=O)Nc2ccc(C(=O)OC)cc2)cc1OCC. The van der Waals surface area contributed by atoms with E-state index < -0.39 is 36.9 Å². The van der Waals surface area contributed by atoms with E-state index in [1.165, 1.54) is 37.4 Å². The van der Waals surface area contributed by atoms with Crippen LogP contribution in [0.15, 0.2) is 42.5 Å². The van der Waals surface area contributed by atoms with Crippen LogP contribution in [-0.2, 0) is 19.1 Å². The summed E-state index contributed by atoms with van der Waals surface area (Å²) in [5, 5.41) is 4.95. The van der Waals surface area contributed by atoms with Crippen molar-refractivity contribution in [3.63, 3.8) is 0 Å². The van der Waals surface area contributed by atoms with Gasteiger partial charge in [0.1, 0.15) is 6.54 Å². The average Bonchev–Trinajstić information content (AvgIpc) is 2.82. The zero-order valence-electron chi connectivity index (χ0n) is 18.6. The van der Waals surface area contributed by atoms with Crippen molar-refractivity contribution in [2.24, 2.45) is 0 Å². The van der Waals surface area contributed by atoms with Crippen LogP contribution < -0.4 is 20.1 Å². The molecule has 0 heterocycles. The zero-order valence-corrected chi connectivity index (χ0v) is 18.6. The van der Waals surface area contributed by atoms with Gasteiger partial charge in [0.05, 0.1) is 25.9 Å². The lowest BCUT2D eigenvalue weighted by Crippen LogP contribution is -2.32. The predicted octanol–water partition coefficient (Wildman–Crippen LogP) is 2.18. The van der Waals surface area contributed by atoms with Gasteiger partial charge in [0.15, 0.2) is 18.1 Å². The quantitative estimate of drug-likeness (QED) is 0.490. The lowest BCUT2D eigenvalue weighted by molar-refractivity contribution is -0.146. The molecule has 2 amide bonds. The molecule has 0 unspecified atom stereocenters. The summed E-state index contributed by atoms with van der Waals surface area (Å²) in [4.78, 5) is 47.6. The summed E-state index contributed by atoms with van der Waals surface area (Å²) < 4.78 is 20.4. The molecule has 10 nitrogen and oxygen atoms in total. The largest absolute Gasteiger partial charge is 0.490 e. The summed E-state index contributed by atoms with van der Waals surface area (Å²) in [6.45, 7) is 3.54. The Morgan fingerprint density at radius 2 is 1.48 bits per heavy atom. The molecule has 0 bridgehead atoms. The highest BCUT2D eigenvalue weighted by molar-refractivity contribution is 5.97. The maximum atomic E-state index is 12.3. The number of amides is 2. The lowest BCUT2D eigenvalue weighted by atomic mass is 10.2. The van der Waals surface area contributed by atoms with Crippen molar-refractivity contribution >= 4 is 29.4 Å². The Bertz CT molecular complexity index is 988. The molecule has 0 aliphatic carbocycles. The summed E-state index contributed by atoms with van der Waals surface area (Å²) in [6, 6.07) is 10.7. The molecular weight excluding hydrogens is 432 g/mol. The second-order valence-electron chi connectivity index (χ2n) is 6.49. The topological polar surface area (TPSA) is 129 Å². The van der Waals surface area contributed by atoms with Crippen LogP contribution in [0.1, 0.15) is 34.6 Å². The fraction of sp³-hybridized carbons (Fsp3) is 0.304. The maximum absolute atomic E-state index is 12.3. The molecule has 0 saturated heterocycles. The van der Waals surface area contributed by atoms with Gasteiger partial charge in [-0.05, 0) is 56.3 Å².